The summed E-state index contributed by atoms with van der Waals surface area (Å²) in [5.41, 5.74) is 6.47. The van der Waals surface area contributed by atoms with Crippen molar-refractivity contribution >= 4 is 5.88 Å². The van der Waals surface area contributed by atoms with Gasteiger partial charge in [0.05, 0.1) is 6.54 Å². The fraction of sp³-hybridized carbons (Fsp3) is 0.167. The minimum Gasteiger partial charge on any atom is -0.445 e. The molecule has 0 spiro atoms. The molecule has 1 heterocycles. The molecule has 0 saturated heterocycles. The summed E-state index contributed by atoms with van der Waals surface area (Å²) < 4.78 is 17.8. The highest BCUT2D eigenvalue weighted by Crippen LogP contribution is 2.09. The molecule has 0 aliphatic rings. The van der Waals surface area contributed by atoms with Gasteiger partial charge in [-0.3, -0.25) is 0 Å². The van der Waals surface area contributed by atoms with Crippen LogP contribution in [0, 0.1) is 5.82 Å². The average molecular weight is 220 g/mol. The van der Waals surface area contributed by atoms with Gasteiger partial charge in [-0.2, -0.15) is 0 Å². The molecule has 84 valence electrons. The molecule has 0 unspecified atom stereocenters. The van der Waals surface area contributed by atoms with Crippen LogP contribution < -0.4 is 11.1 Å². The van der Waals surface area contributed by atoms with Crippen molar-refractivity contribution in [1.82, 2.24) is 5.32 Å². The van der Waals surface area contributed by atoms with Gasteiger partial charge in [0.25, 0.3) is 0 Å². The zero-order valence-electron chi connectivity index (χ0n) is 8.74. The monoisotopic (exact) mass is 220 g/mol. The summed E-state index contributed by atoms with van der Waals surface area (Å²) in [6, 6.07) is 9.93. The van der Waals surface area contributed by atoms with Crippen molar-refractivity contribution < 1.29 is 8.81 Å². The van der Waals surface area contributed by atoms with Crippen molar-refractivity contribution in [1.29, 1.82) is 0 Å². The molecule has 0 atom stereocenters. The Bertz CT molecular complexity index is 450. The first kappa shape index (κ1) is 10.7. The van der Waals surface area contributed by atoms with E-state index in [1.54, 1.807) is 18.2 Å². The molecule has 0 saturated carbocycles. The molecule has 0 aliphatic carbocycles. The maximum absolute atomic E-state index is 12.6. The highest BCUT2D eigenvalue weighted by molar-refractivity contribution is 5.25. The Kier molecular flexibility index (Phi) is 3.22. The number of nitrogens with two attached hydrogens (primary N) is 1. The molecule has 16 heavy (non-hydrogen) atoms. The molecule has 1 aromatic heterocycles. The molecular weight excluding hydrogens is 207 g/mol. The largest absolute Gasteiger partial charge is 0.445 e. The molecule has 2 rings (SSSR count). The van der Waals surface area contributed by atoms with Gasteiger partial charge in [0.2, 0.25) is 0 Å². The molecule has 2 aromatic rings. The number of rotatable bonds is 4. The summed E-state index contributed by atoms with van der Waals surface area (Å²) in [6.07, 6.45) is 0. The van der Waals surface area contributed by atoms with Gasteiger partial charge in [-0.15, -0.1) is 0 Å². The Balaban J connectivity index is 1.82. The van der Waals surface area contributed by atoms with Gasteiger partial charge in [0, 0.05) is 12.6 Å². The van der Waals surface area contributed by atoms with Crippen molar-refractivity contribution in [3.63, 3.8) is 0 Å². The second-order valence-electron chi connectivity index (χ2n) is 3.53. The number of halogens is 1. The Hall–Kier alpha value is -1.81. The lowest BCUT2D eigenvalue weighted by Gasteiger charge is -2.02. The number of anilines is 1. The van der Waals surface area contributed by atoms with Crippen LogP contribution in [0.1, 0.15) is 11.3 Å². The van der Waals surface area contributed by atoms with Gasteiger partial charge in [0.15, 0.2) is 5.88 Å². The molecule has 0 aliphatic heterocycles. The van der Waals surface area contributed by atoms with E-state index >= 15 is 0 Å². The lowest BCUT2D eigenvalue weighted by molar-refractivity contribution is 0.497. The first-order valence-corrected chi connectivity index (χ1v) is 5.03. The predicted molar refractivity (Wildman–Crippen MR) is 60.1 cm³/mol. The van der Waals surface area contributed by atoms with Crippen molar-refractivity contribution in [3.05, 3.63) is 53.5 Å². The zero-order valence-corrected chi connectivity index (χ0v) is 8.74. The van der Waals surface area contributed by atoms with Gasteiger partial charge in [0.1, 0.15) is 11.6 Å². The van der Waals surface area contributed by atoms with Crippen molar-refractivity contribution in [3.8, 4) is 0 Å². The highest BCUT2D eigenvalue weighted by atomic mass is 19.1. The summed E-state index contributed by atoms with van der Waals surface area (Å²) in [5.74, 6) is 0.987. The molecule has 1 aromatic carbocycles. The van der Waals surface area contributed by atoms with Gasteiger partial charge in [-0.05, 0) is 23.8 Å². The van der Waals surface area contributed by atoms with Crippen LogP contribution in [0.2, 0.25) is 0 Å². The normalized spacial score (nSPS) is 10.6. The fourth-order valence-electron chi connectivity index (χ4n) is 1.42. The molecule has 3 nitrogen and oxygen atoms in total. The third-order valence-corrected chi connectivity index (χ3v) is 2.22. The lowest BCUT2D eigenvalue weighted by Crippen LogP contribution is -2.12. The fourth-order valence-corrected chi connectivity index (χ4v) is 1.42. The molecule has 0 amide bonds. The Morgan fingerprint density at radius 1 is 1.06 bits per heavy atom. The minimum absolute atomic E-state index is 0.220. The van der Waals surface area contributed by atoms with Crippen molar-refractivity contribution in [2.24, 2.45) is 0 Å². The number of benzene rings is 1. The topological polar surface area (TPSA) is 51.2 Å². The van der Waals surface area contributed by atoms with Crippen molar-refractivity contribution in [2.45, 2.75) is 13.1 Å². The SMILES string of the molecule is Nc1ccc(CNCc2ccc(F)cc2)o1. The van der Waals surface area contributed by atoms with E-state index in [4.69, 9.17) is 10.2 Å². The van der Waals surface area contributed by atoms with Gasteiger partial charge in [-0.25, -0.2) is 4.39 Å². The van der Waals surface area contributed by atoms with Crippen LogP contribution in [0.5, 0.6) is 0 Å². The van der Waals surface area contributed by atoms with E-state index in [0.717, 1.165) is 11.3 Å². The average Bonchev–Trinajstić information content (AvgIpc) is 2.67. The second-order valence-corrected chi connectivity index (χ2v) is 3.53. The maximum atomic E-state index is 12.6. The molecule has 0 bridgehead atoms. The van der Waals surface area contributed by atoms with Crippen LogP contribution in [0.4, 0.5) is 10.3 Å². The van der Waals surface area contributed by atoms with Crippen LogP contribution >= 0.6 is 0 Å². The summed E-state index contributed by atoms with van der Waals surface area (Å²) in [7, 11) is 0. The Morgan fingerprint density at radius 2 is 1.81 bits per heavy atom. The predicted octanol–water partition coefficient (Wildman–Crippen LogP) is 2.29. The number of furan rings is 1. The molecule has 4 heteroatoms. The highest BCUT2D eigenvalue weighted by Gasteiger charge is 1.98. The third-order valence-electron chi connectivity index (χ3n) is 2.22. The third kappa shape index (κ3) is 2.84. The number of nitrogen functional groups attached to an aromatic ring is 1. The van der Waals surface area contributed by atoms with E-state index in [1.165, 1.54) is 12.1 Å². The van der Waals surface area contributed by atoms with Crippen LogP contribution in [0.25, 0.3) is 0 Å². The van der Waals surface area contributed by atoms with Crippen LogP contribution in [-0.4, -0.2) is 0 Å². The summed E-state index contributed by atoms with van der Waals surface area (Å²) in [5, 5.41) is 3.18. The first-order chi connectivity index (χ1) is 7.74. The molecule has 0 fully saturated rings. The first-order valence-electron chi connectivity index (χ1n) is 5.03. The lowest BCUT2D eigenvalue weighted by atomic mass is 10.2. The van der Waals surface area contributed by atoms with Gasteiger partial charge in [-0.1, -0.05) is 12.1 Å². The van der Waals surface area contributed by atoms with Crippen LogP contribution in [-0.2, 0) is 13.1 Å². The van der Waals surface area contributed by atoms with Crippen LogP contribution in [0.15, 0.2) is 40.8 Å². The summed E-state index contributed by atoms with van der Waals surface area (Å²) in [6.45, 7) is 1.27. The van der Waals surface area contributed by atoms with Gasteiger partial charge < -0.3 is 15.5 Å². The van der Waals surface area contributed by atoms with E-state index in [-0.39, 0.29) is 5.82 Å². The van der Waals surface area contributed by atoms with E-state index in [0.29, 0.717) is 19.0 Å². The van der Waals surface area contributed by atoms with Crippen LogP contribution in [0.3, 0.4) is 0 Å². The number of hydrogen-bond acceptors (Lipinski definition) is 3. The number of nitrogens with one attached hydrogen (secondary N) is 1. The Morgan fingerprint density at radius 3 is 2.44 bits per heavy atom. The quantitative estimate of drug-likeness (QED) is 0.831. The van der Waals surface area contributed by atoms with E-state index in [2.05, 4.69) is 5.32 Å². The standard InChI is InChI=1S/C12H13FN2O/c13-10-3-1-9(2-4-10)7-15-8-11-5-6-12(14)16-11/h1-6,15H,7-8,14H2. The summed E-state index contributed by atoms with van der Waals surface area (Å²) in [4.78, 5) is 0. The molecular formula is C12H13FN2O. The molecule has 3 N–H and O–H groups in total. The summed E-state index contributed by atoms with van der Waals surface area (Å²) >= 11 is 0. The Labute approximate surface area is 93.1 Å². The smallest absolute Gasteiger partial charge is 0.190 e. The van der Waals surface area contributed by atoms with E-state index < -0.39 is 0 Å². The van der Waals surface area contributed by atoms with E-state index in [1.807, 2.05) is 6.07 Å². The van der Waals surface area contributed by atoms with Crippen molar-refractivity contribution in [2.75, 3.05) is 5.73 Å². The number of hydrogen-bond donors (Lipinski definition) is 2. The zero-order chi connectivity index (χ0) is 11.4. The molecule has 0 radical (unpaired) electrons. The van der Waals surface area contributed by atoms with E-state index in [9.17, 15) is 4.39 Å². The maximum Gasteiger partial charge on any atom is 0.190 e. The van der Waals surface area contributed by atoms with Gasteiger partial charge >= 0.3 is 0 Å². The second kappa shape index (κ2) is 4.81. The minimum atomic E-state index is -0.220.